The summed E-state index contributed by atoms with van der Waals surface area (Å²) in [6.45, 7) is 7.49. The Kier molecular flexibility index (Phi) is 4.16. The minimum Gasteiger partial charge on any atom is -0.340 e. The Hall–Kier alpha value is -0.830. The molecule has 1 saturated carbocycles. The Bertz CT molecular complexity index is 384. The number of nitrogens with one attached hydrogen (secondary N) is 1. The molecular formula is C17H28N2O. The number of hydrogen-bond acceptors (Lipinski definition) is 2. The maximum absolute atomic E-state index is 12.9. The van der Waals surface area contributed by atoms with Crippen LogP contribution in [0.15, 0.2) is 12.2 Å². The van der Waals surface area contributed by atoms with E-state index < -0.39 is 0 Å². The number of nitrogens with zero attached hydrogens (tertiary/aromatic N) is 1. The van der Waals surface area contributed by atoms with E-state index in [1.165, 1.54) is 19.3 Å². The zero-order valence-electron chi connectivity index (χ0n) is 12.8. The second-order valence-corrected chi connectivity index (χ2v) is 7.18. The lowest BCUT2D eigenvalue weighted by molar-refractivity contribution is -0.139. The fourth-order valence-electron chi connectivity index (χ4n) is 4.19. The molecule has 0 radical (unpaired) electrons. The molecule has 112 valence electrons. The number of rotatable bonds is 4. The van der Waals surface area contributed by atoms with Gasteiger partial charge in [-0.2, -0.15) is 0 Å². The van der Waals surface area contributed by atoms with E-state index in [1.54, 1.807) is 0 Å². The van der Waals surface area contributed by atoms with E-state index in [-0.39, 0.29) is 5.92 Å². The van der Waals surface area contributed by atoms with Crippen LogP contribution >= 0.6 is 0 Å². The summed E-state index contributed by atoms with van der Waals surface area (Å²) in [6, 6.07) is 0.326. The average Bonchev–Trinajstić information content (AvgIpc) is 3.07. The number of carbonyl (C=O) groups is 1. The van der Waals surface area contributed by atoms with E-state index in [0.717, 1.165) is 26.1 Å². The van der Waals surface area contributed by atoms with Gasteiger partial charge in [-0.25, -0.2) is 0 Å². The average molecular weight is 276 g/mol. The van der Waals surface area contributed by atoms with Crippen LogP contribution in [0.1, 0.15) is 39.5 Å². The molecule has 2 fully saturated rings. The molecule has 0 aromatic rings. The topological polar surface area (TPSA) is 32.3 Å². The number of fused-ring (bicyclic) bond motifs is 2. The van der Waals surface area contributed by atoms with Crippen LogP contribution in [0.4, 0.5) is 0 Å². The van der Waals surface area contributed by atoms with Gasteiger partial charge in [0, 0.05) is 18.5 Å². The molecule has 4 unspecified atom stereocenters. The van der Waals surface area contributed by atoms with Gasteiger partial charge in [-0.3, -0.25) is 4.79 Å². The first-order valence-corrected chi connectivity index (χ1v) is 8.34. The molecule has 1 amide bonds. The molecule has 3 nitrogen and oxygen atoms in total. The molecule has 0 spiro atoms. The summed E-state index contributed by atoms with van der Waals surface area (Å²) in [4.78, 5) is 15.1. The van der Waals surface area contributed by atoms with Gasteiger partial charge >= 0.3 is 0 Å². The summed E-state index contributed by atoms with van der Waals surface area (Å²) >= 11 is 0. The molecule has 2 aliphatic carbocycles. The first-order chi connectivity index (χ1) is 9.65. The fraction of sp³-hybridized carbons (Fsp3) is 0.824. The van der Waals surface area contributed by atoms with Crippen molar-refractivity contribution in [1.29, 1.82) is 0 Å². The smallest absolute Gasteiger partial charge is 0.226 e. The van der Waals surface area contributed by atoms with Crippen LogP contribution in [0.25, 0.3) is 0 Å². The third-order valence-corrected chi connectivity index (χ3v) is 5.36. The lowest BCUT2D eigenvalue weighted by atomic mass is 9.90. The lowest BCUT2D eigenvalue weighted by Crippen LogP contribution is -2.47. The van der Waals surface area contributed by atoms with Gasteiger partial charge in [0.1, 0.15) is 0 Å². The van der Waals surface area contributed by atoms with Gasteiger partial charge in [0.15, 0.2) is 0 Å². The van der Waals surface area contributed by atoms with Crippen LogP contribution in [0, 0.1) is 23.7 Å². The van der Waals surface area contributed by atoms with Crippen molar-refractivity contribution in [2.45, 2.75) is 45.6 Å². The maximum atomic E-state index is 12.9. The predicted octanol–water partition coefficient (Wildman–Crippen LogP) is 2.44. The maximum Gasteiger partial charge on any atom is 0.226 e. The quantitative estimate of drug-likeness (QED) is 0.800. The Morgan fingerprint density at radius 2 is 2.20 bits per heavy atom. The summed E-state index contributed by atoms with van der Waals surface area (Å²) in [6.07, 6.45) is 9.43. The van der Waals surface area contributed by atoms with Crippen molar-refractivity contribution in [2.24, 2.45) is 23.7 Å². The lowest BCUT2D eigenvalue weighted by Gasteiger charge is -2.35. The molecule has 1 N–H and O–H groups in total. The standard InChI is InChI=1S/C17H28N2O/c1-12(2)19(11-14-4-3-7-18-10-14)17(20)16-9-13-5-6-15(16)8-13/h5-6,12-16,18H,3-4,7-11H2,1-2H3. The summed E-state index contributed by atoms with van der Waals surface area (Å²) < 4.78 is 0. The van der Waals surface area contributed by atoms with E-state index >= 15 is 0 Å². The van der Waals surface area contributed by atoms with Gasteiger partial charge in [0.25, 0.3) is 0 Å². The summed E-state index contributed by atoms with van der Waals surface area (Å²) in [5, 5.41) is 3.47. The number of amides is 1. The highest BCUT2D eigenvalue weighted by atomic mass is 16.2. The highest BCUT2D eigenvalue weighted by molar-refractivity contribution is 5.80. The fourth-order valence-corrected chi connectivity index (χ4v) is 4.19. The number of hydrogen-bond donors (Lipinski definition) is 1. The molecule has 20 heavy (non-hydrogen) atoms. The summed E-state index contributed by atoms with van der Waals surface area (Å²) in [5.74, 6) is 2.54. The molecule has 1 heterocycles. The van der Waals surface area contributed by atoms with E-state index in [4.69, 9.17) is 0 Å². The summed E-state index contributed by atoms with van der Waals surface area (Å²) in [7, 11) is 0. The van der Waals surface area contributed by atoms with Gasteiger partial charge in [0.05, 0.1) is 0 Å². The second-order valence-electron chi connectivity index (χ2n) is 7.18. The van der Waals surface area contributed by atoms with E-state index in [0.29, 0.717) is 29.7 Å². The molecule has 3 rings (SSSR count). The Morgan fingerprint density at radius 3 is 2.75 bits per heavy atom. The van der Waals surface area contributed by atoms with Crippen molar-refractivity contribution in [3.63, 3.8) is 0 Å². The van der Waals surface area contributed by atoms with Crippen molar-refractivity contribution in [3.05, 3.63) is 12.2 Å². The monoisotopic (exact) mass is 276 g/mol. The molecule has 1 saturated heterocycles. The largest absolute Gasteiger partial charge is 0.340 e. The molecule has 3 heteroatoms. The summed E-state index contributed by atoms with van der Waals surface area (Å²) in [5.41, 5.74) is 0. The minimum absolute atomic E-state index is 0.268. The van der Waals surface area contributed by atoms with Gasteiger partial charge < -0.3 is 10.2 Å². The second kappa shape index (κ2) is 5.88. The molecule has 0 aromatic heterocycles. The zero-order chi connectivity index (χ0) is 14.1. The SMILES string of the molecule is CC(C)N(CC1CCCNC1)C(=O)C1CC2C=CC1C2. The zero-order valence-corrected chi connectivity index (χ0v) is 12.8. The molecule has 1 aliphatic heterocycles. The van der Waals surface area contributed by atoms with Gasteiger partial charge in [-0.1, -0.05) is 12.2 Å². The van der Waals surface area contributed by atoms with E-state index in [9.17, 15) is 4.79 Å². The van der Waals surface area contributed by atoms with Crippen LogP contribution in [0.5, 0.6) is 0 Å². The van der Waals surface area contributed by atoms with Crippen molar-refractivity contribution in [1.82, 2.24) is 10.2 Å². The molecule has 0 aromatic carbocycles. The van der Waals surface area contributed by atoms with Crippen molar-refractivity contribution < 1.29 is 4.79 Å². The molecule has 3 aliphatic rings. The van der Waals surface area contributed by atoms with Crippen LogP contribution in [-0.2, 0) is 4.79 Å². The Balaban J connectivity index is 1.63. The highest BCUT2D eigenvalue weighted by Crippen LogP contribution is 2.44. The third-order valence-electron chi connectivity index (χ3n) is 5.36. The first kappa shape index (κ1) is 14.1. The van der Waals surface area contributed by atoms with Crippen LogP contribution in [0.2, 0.25) is 0 Å². The number of carbonyl (C=O) groups excluding carboxylic acids is 1. The van der Waals surface area contributed by atoms with E-state index in [2.05, 4.69) is 36.2 Å². The minimum atomic E-state index is 0.268. The normalized spacial score (nSPS) is 35.8. The third kappa shape index (κ3) is 2.78. The predicted molar refractivity (Wildman–Crippen MR) is 81.3 cm³/mol. The highest BCUT2D eigenvalue weighted by Gasteiger charge is 2.42. The number of allylic oxidation sites excluding steroid dienone is 2. The van der Waals surface area contributed by atoms with Gasteiger partial charge in [-0.15, -0.1) is 0 Å². The van der Waals surface area contributed by atoms with Crippen molar-refractivity contribution >= 4 is 5.91 Å². The Morgan fingerprint density at radius 1 is 1.35 bits per heavy atom. The van der Waals surface area contributed by atoms with Crippen LogP contribution < -0.4 is 5.32 Å². The van der Waals surface area contributed by atoms with Crippen molar-refractivity contribution in [2.75, 3.05) is 19.6 Å². The van der Waals surface area contributed by atoms with Crippen LogP contribution in [0.3, 0.4) is 0 Å². The van der Waals surface area contributed by atoms with Gasteiger partial charge in [0.2, 0.25) is 5.91 Å². The molecule has 2 bridgehead atoms. The molecular weight excluding hydrogens is 248 g/mol. The number of piperidine rings is 1. The van der Waals surface area contributed by atoms with Gasteiger partial charge in [-0.05, 0) is 70.4 Å². The van der Waals surface area contributed by atoms with Crippen molar-refractivity contribution in [3.8, 4) is 0 Å². The molecule has 4 atom stereocenters. The first-order valence-electron chi connectivity index (χ1n) is 8.34. The van der Waals surface area contributed by atoms with E-state index in [1.807, 2.05) is 0 Å². The Labute approximate surface area is 122 Å². The van der Waals surface area contributed by atoms with Crippen LogP contribution in [-0.4, -0.2) is 36.5 Å².